The second kappa shape index (κ2) is 12.1. The number of carbonyl (C=O) groups is 1. The van der Waals surface area contributed by atoms with Crippen LogP contribution < -0.4 is 20.1 Å². The van der Waals surface area contributed by atoms with Gasteiger partial charge in [-0.15, -0.1) is 12.4 Å². The first-order valence-corrected chi connectivity index (χ1v) is 10.2. The fourth-order valence-corrected chi connectivity index (χ4v) is 3.65. The van der Waals surface area contributed by atoms with Crippen LogP contribution in [0.15, 0.2) is 24.3 Å². The molecule has 1 saturated heterocycles. The molecule has 0 aromatic heterocycles. The van der Waals surface area contributed by atoms with Crippen molar-refractivity contribution in [3.05, 3.63) is 24.3 Å². The van der Waals surface area contributed by atoms with E-state index in [1.54, 1.807) is 0 Å². The standard InChI is InChI=1S/C21H32N2O4.ClH/c1-2-12-26-17-7-9-18(10-8-17)27-20-6-4-3-5-19(20)23-21(24)14-16-15-25-13-11-22-16;/h7-10,16,19-20,22H,2-6,11-15H2,1H3,(H,23,24);1H. The third-order valence-electron chi connectivity index (χ3n) is 5.06. The zero-order valence-corrected chi connectivity index (χ0v) is 17.5. The van der Waals surface area contributed by atoms with Crippen molar-refractivity contribution in [1.29, 1.82) is 0 Å². The van der Waals surface area contributed by atoms with E-state index in [0.717, 1.165) is 63.4 Å². The highest BCUT2D eigenvalue weighted by Gasteiger charge is 2.29. The Labute approximate surface area is 174 Å². The summed E-state index contributed by atoms with van der Waals surface area (Å²) in [6.45, 7) is 4.94. The van der Waals surface area contributed by atoms with Crippen molar-refractivity contribution in [2.75, 3.05) is 26.4 Å². The van der Waals surface area contributed by atoms with Gasteiger partial charge >= 0.3 is 0 Å². The number of hydrogen-bond acceptors (Lipinski definition) is 5. The summed E-state index contributed by atoms with van der Waals surface area (Å²) in [6, 6.07) is 7.94. The zero-order chi connectivity index (χ0) is 18.9. The van der Waals surface area contributed by atoms with E-state index in [1.165, 1.54) is 0 Å². The zero-order valence-electron chi connectivity index (χ0n) is 16.7. The Bertz CT molecular complexity index is 578. The molecule has 3 rings (SSSR count). The molecule has 1 aliphatic heterocycles. The Balaban J connectivity index is 0.00000280. The normalized spacial score (nSPS) is 24.7. The minimum absolute atomic E-state index is 0. The van der Waals surface area contributed by atoms with Crippen LogP contribution in [0.1, 0.15) is 45.4 Å². The predicted molar refractivity (Wildman–Crippen MR) is 112 cm³/mol. The Kier molecular flexibility index (Phi) is 9.88. The molecule has 3 unspecified atom stereocenters. The van der Waals surface area contributed by atoms with Crippen LogP contribution in [0.3, 0.4) is 0 Å². The molecular weight excluding hydrogens is 380 g/mol. The Morgan fingerprint density at radius 1 is 1.21 bits per heavy atom. The number of ether oxygens (including phenoxy) is 3. The average Bonchev–Trinajstić information content (AvgIpc) is 2.70. The first kappa shape index (κ1) is 22.8. The number of rotatable bonds is 8. The highest BCUT2D eigenvalue weighted by Crippen LogP contribution is 2.25. The lowest BCUT2D eigenvalue weighted by Gasteiger charge is -2.33. The van der Waals surface area contributed by atoms with Gasteiger partial charge in [0.15, 0.2) is 0 Å². The molecule has 7 heteroatoms. The molecule has 1 amide bonds. The fraction of sp³-hybridized carbons (Fsp3) is 0.667. The SMILES string of the molecule is CCCOc1ccc(OC2CCCCC2NC(=O)CC2COCCN2)cc1.Cl. The minimum atomic E-state index is 0. The van der Waals surface area contributed by atoms with E-state index < -0.39 is 0 Å². The third kappa shape index (κ3) is 7.15. The molecule has 1 heterocycles. The number of morpholine rings is 1. The lowest BCUT2D eigenvalue weighted by Crippen LogP contribution is -2.50. The van der Waals surface area contributed by atoms with Gasteiger partial charge in [-0.05, 0) is 49.9 Å². The maximum Gasteiger partial charge on any atom is 0.222 e. The van der Waals surface area contributed by atoms with Crippen LogP contribution in [0.25, 0.3) is 0 Å². The fourth-order valence-electron chi connectivity index (χ4n) is 3.65. The summed E-state index contributed by atoms with van der Waals surface area (Å²) in [4.78, 5) is 12.4. The lowest BCUT2D eigenvalue weighted by atomic mass is 9.92. The van der Waals surface area contributed by atoms with Gasteiger partial charge in [-0.1, -0.05) is 13.3 Å². The van der Waals surface area contributed by atoms with E-state index in [1.807, 2.05) is 24.3 Å². The summed E-state index contributed by atoms with van der Waals surface area (Å²) in [7, 11) is 0. The minimum Gasteiger partial charge on any atom is -0.494 e. The molecule has 0 radical (unpaired) electrons. The summed E-state index contributed by atoms with van der Waals surface area (Å²) < 4.78 is 17.3. The smallest absolute Gasteiger partial charge is 0.222 e. The van der Waals surface area contributed by atoms with Gasteiger partial charge in [0.25, 0.3) is 0 Å². The number of hydrogen-bond donors (Lipinski definition) is 2. The lowest BCUT2D eigenvalue weighted by molar-refractivity contribution is -0.124. The molecule has 2 aliphatic rings. The number of carbonyl (C=O) groups excluding carboxylic acids is 1. The first-order valence-electron chi connectivity index (χ1n) is 10.2. The van der Waals surface area contributed by atoms with Crippen LogP contribution >= 0.6 is 12.4 Å². The highest BCUT2D eigenvalue weighted by molar-refractivity contribution is 5.85. The van der Waals surface area contributed by atoms with Gasteiger partial charge in [0.05, 0.1) is 25.9 Å². The van der Waals surface area contributed by atoms with E-state index in [4.69, 9.17) is 14.2 Å². The van der Waals surface area contributed by atoms with Gasteiger partial charge in [-0.3, -0.25) is 4.79 Å². The maximum atomic E-state index is 12.4. The van der Waals surface area contributed by atoms with Gasteiger partial charge in [0.1, 0.15) is 17.6 Å². The van der Waals surface area contributed by atoms with Crippen molar-refractivity contribution in [2.24, 2.45) is 0 Å². The summed E-state index contributed by atoms with van der Waals surface area (Å²) in [5, 5.41) is 6.52. The van der Waals surface area contributed by atoms with Gasteiger partial charge in [-0.25, -0.2) is 0 Å². The van der Waals surface area contributed by atoms with Crippen molar-refractivity contribution in [1.82, 2.24) is 10.6 Å². The highest BCUT2D eigenvalue weighted by atomic mass is 35.5. The van der Waals surface area contributed by atoms with Crippen molar-refractivity contribution in [3.63, 3.8) is 0 Å². The first-order chi connectivity index (χ1) is 13.2. The van der Waals surface area contributed by atoms with Crippen molar-refractivity contribution in [2.45, 2.75) is 63.6 Å². The van der Waals surface area contributed by atoms with Crippen LogP contribution in [0.2, 0.25) is 0 Å². The maximum absolute atomic E-state index is 12.4. The van der Waals surface area contributed by atoms with Gasteiger partial charge in [-0.2, -0.15) is 0 Å². The van der Waals surface area contributed by atoms with E-state index in [-0.39, 0.29) is 36.5 Å². The molecular formula is C21H33ClN2O4. The van der Waals surface area contributed by atoms with E-state index in [9.17, 15) is 4.79 Å². The van der Waals surface area contributed by atoms with Crippen molar-refractivity contribution >= 4 is 18.3 Å². The van der Waals surface area contributed by atoms with Crippen LogP contribution in [0, 0.1) is 0 Å². The molecule has 0 bridgehead atoms. The number of nitrogens with one attached hydrogen (secondary N) is 2. The molecule has 2 fully saturated rings. The Morgan fingerprint density at radius 3 is 2.68 bits per heavy atom. The second-order valence-electron chi connectivity index (χ2n) is 7.36. The number of amides is 1. The van der Waals surface area contributed by atoms with E-state index in [0.29, 0.717) is 13.0 Å². The topological polar surface area (TPSA) is 68.8 Å². The molecule has 1 saturated carbocycles. The quantitative estimate of drug-likeness (QED) is 0.686. The van der Waals surface area contributed by atoms with Crippen LogP contribution in [-0.2, 0) is 9.53 Å². The summed E-state index contributed by atoms with van der Waals surface area (Å²) in [5.41, 5.74) is 0. The Morgan fingerprint density at radius 2 is 1.96 bits per heavy atom. The summed E-state index contributed by atoms with van der Waals surface area (Å²) in [5.74, 6) is 1.76. The van der Waals surface area contributed by atoms with Crippen LogP contribution in [0.5, 0.6) is 11.5 Å². The molecule has 2 N–H and O–H groups in total. The average molecular weight is 413 g/mol. The monoisotopic (exact) mass is 412 g/mol. The van der Waals surface area contributed by atoms with Crippen LogP contribution in [-0.4, -0.2) is 50.5 Å². The summed E-state index contributed by atoms with van der Waals surface area (Å²) >= 11 is 0. The molecule has 1 aliphatic carbocycles. The van der Waals surface area contributed by atoms with Crippen LogP contribution in [0.4, 0.5) is 0 Å². The predicted octanol–water partition coefficient (Wildman–Crippen LogP) is 3.08. The van der Waals surface area contributed by atoms with Gasteiger partial charge < -0.3 is 24.8 Å². The largest absolute Gasteiger partial charge is 0.494 e. The molecule has 0 spiro atoms. The molecule has 1 aromatic carbocycles. The van der Waals surface area contributed by atoms with E-state index >= 15 is 0 Å². The summed E-state index contributed by atoms with van der Waals surface area (Å²) in [6.07, 6.45) is 5.64. The second-order valence-corrected chi connectivity index (χ2v) is 7.36. The molecule has 28 heavy (non-hydrogen) atoms. The number of halogens is 1. The molecule has 3 atom stereocenters. The number of benzene rings is 1. The Hall–Kier alpha value is -1.50. The van der Waals surface area contributed by atoms with Crippen molar-refractivity contribution < 1.29 is 19.0 Å². The van der Waals surface area contributed by atoms with Crippen molar-refractivity contribution in [3.8, 4) is 11.5 Å². The molecule has 158 valence electrons. The molecule has 1 aromatic rings. The molecule has 6 nitrogen and oxygen atoms in total. The van der Waals surface area contributed by atoms with Gasteiger partial charge in [0.2, 0.25) is 5.91 Å². The third-order valence-corrected chi connectivity index (χ3v) is 5.06. The van der Waals surface area contributed by atoms with E-state index in [2.05, 4.69) is 17.6 Å². The van der Waals surface area contributed by atoms with Gasteiger partial charge in [0, 0.05) is 19.0 Å².